The van der Waals surface area contributed by atoms with Gasteiger partial charge < -0.3 is 52.0 Å². The van der Waals surface area contributed by atoms with Crippen LogP contribution in [-0.2, 0) is 41.5 Å². The Bertz CT molecular complexity index is 2700. The second-order valence-corrected chi connectivity index (χ2v) is 22.5. The summed E-state index contributed by atoms with van der Waals surface area (Å²) in [4.78, 5) is 75.7. The van der Waals surface area contributed by atoms with Crippen molar-refractivity contribution < 1.29 is 58.7 Å². The number of nitrogens with two attached hydrogens (primary N) is 2. The Kier molecular flexibility index (Phi) is 26.6. The van der Waals surface area contributed by atoms with Crippen molar-refractivity contribution >= 4 is 41.3 Å². The summed E-state index contributed by atoms with van der Waals surface area (Å²) in [6.45, 7) is 29.9. The first-order chi connectivity index (χ1) is 37.5. The number of primary amides is 2. The third-order valence-corrected chi connectivity index (χ3v) is 15.2. The van der Waals surface area contributed by atoms with Gasteiger partial charge in [-0.1, -0.05) is 116 Å². The molecule has 16 nitrogen and oxygen atoms in total. The van der Waals surface area contributed by atoms with E-state index in [1.54, 1.807) is 62.5 Å². The van der Waals surface area contributed by atoms with Gasteiger partial charge in [-0.2, -0.15) is 0 Å². The van der Waals surface area contributed by atoms with Crippen LogP contribution in [-0.4, -0.2) is 80.4 Å². The van der Waals surface area contributed by atoms with E-state index in [1.165, 1.54) is 12.1 Å². The first kappa shape index (κ1) is 67.2. The number of aliphatic hydroxyl groups is 2. The largest absolute Gasteiger partial charge is 0.508 e. The van der Waals surface area contributed by atoms with Gasteiger partial charge in [0.2, 0.25) is 5.78 Å². The zero-order valence-electron chi connectivity index (χ0n) is 49.1. The number of hydrogen-bond donors (Lipinski definition) is 8. The molecule has 0 radical (unpaired) electrons. The van der Waals surface area contributed by atoms with Crippen LogP contribution in [0.1, 0.15) is 133 Å². The number of fused-ring (bicyclic) bond motifs is 4. The Labute approximate surface area is 474 Å². The van der Waals surface area contributed by atoms with Gasteiger partial charge >= 0.3 is 12.2 Å². The number of carbonyl (C=O) groups excluding carboxylic acids is 6. The first-order valence-corrected chi connectivity index (χ1v) is 27.8. The molecule has 1 aliphatic carbocycles. The number of amides is 4. The van der Waals surface area contributed by atoms with E-state index in [1.807, 2.05) is 81.4 Å². The van der Waals surface area contributed by atoms with E-state index >= 15 is 0 Å². The topological polar surface area (TPSA) is 278 Å². The molecule has 4 amide bonds. The number of phenolic OH excluding ortho intramolecular Hbond substituents is 2. The van der Waals surface area contributed by atoms with E-state index in [4.69, 9.17) is 20.9 Å². The number of ether oxygens (including phenoxy) is 2. The molecule has 12 atom stereocenters. The predicted octanol–water partition coefficient (Wildman–Crippen LogP) is 10.9. The number of phenols is 2. The minimum atomic E-state index is -0.904. The van der Waals surface area contributed by atoms with Crippen LogP contribution in [0.15, 0.2) is 125 Å². The van der Waals surface area contributed by atoms with Gasteiger partial charge in [0.1, 0.15) is 23.7 Å². The van der Waals surface area contributed by atoms with Crippen LogP contribution < -0.4 is 22.1 Å². The van der Waals surface area contributed by atoms with Crippen molar-refractivity contribution in [2.45, 2.75) is 159 Å². The van der Waals surface area contributed by atoms with Gasteiger partial charge in [-0.15, -0.1) is 13.2 Å². The van der Waals surface area contributed by atoms with Crippen molar-refractivity contribution in [3.05, 3.63) is 136 Å². The maximum Gasteiger partial charge on any atom is 0.405 e. The van der Waals surface area contributed by atoms with Gasteiger partial charge in [0.25, 0.3) is 11.8 Å². The van der Waals surface area contributed by atoms with Crippen LogP contribution in [0.3, 0.4) is 0 Å². The Morgan fingerprint density at radius 3 is 1.59 bits per heavy atom. The van der Waals surface area contributed by atoms with Crippen LogP contribution in [0.4, 0.5) is 15.3 Å². The molecule has 10 N–H and O–H groups in total. The molecular formula is C64H90N4O12. The Hall–Kier alpha value is -7.04. The summed E-state index contributed by atoms with van der Waals surface area (Å²) in [5, 5.41) is 49.8. The van der Waals surface area contributed by atoms with Crippen LogP contribution in [0, 0.1) is 47.3 Å². The minimum absolute atomic E-state index is 0.00112. The van der Waals surface area contributed by atoms with Crippen molar-refractivity contribution in [2.75, 3.05) is 5.32 Å². The quantitative estimate of drug-likeness (QED) is 0.0522. The average molecular weight is 1110 g/mol. The standard InChI is InChI=1S/C32H46N2O6.C32H44N2O6/c2*1-8-9-13-24-25-15-18(2)14-21(5)28(36)22(6)16-23(7)30(40-32(33)39)19(3)11-10-12-20(4)31(38)34-26(29(25)37)17-27(24)35/h8,10-12,16-19,21-22,28,30,35-37H,1,9,13-15H2,2-7H3,(H2,33,39)(H,34,38);8,10-12,16-19,21-22,28,30,36H,1,9,13-15H2,2-7H3,(H2,33,39)(H,34,38)/b2*11-10-,20-12+,23-16+/t2*18-,19-,21-,22-,28-,30+/m00/s1. The number of Topliss-reactive ketones (excluding diaryl/α,β-unsaturated/α-hetero) is 1. The van der Waals surface area contributed by atoms with Gasteiger partial charge in [0, 0.05) is 69.2 Å². The lowest BCUT2D eigenvalue weighted by molar-refractivity contribution is -0.120. The molecule has 2 aliphatic heterocycles. The molecule has 0 saturated carbocycles. The number of carbonyl (C=O) groups is 6. The number of nitrogens with one attached hydrogen (secondary N) is 2. The summed E-state index contributed by atoms with van der Waals surface area (Å²) in [5.74, 6) is -2.91. The fourth-order valence-electron chi connectivity index (χ4n) is 10.8. The number of aliphatic hydroxyl groups excluding tert-OH is 2. The molecule has 0 fully saturated rings. The molecule has 80 heavy (non-hydrogen) atoms. The van der Waals surface area contributed by atoms with E-state index in [2.05, 4.69) is 23.8 Å². The monoisotopic (exact) mass is 1110 g/mol. The molecule has 0 spiro atoms. The normalized spacial score (nSPS) is 31.4. The van der Waals surface area contributed by atoms with E-state index in [-0.39, 0.29) is 81.8 Å². The number of anilines is 1. The Balaban J connectivity index is 0.000000420. The van der Waals surface area contributed by atoms with Gasteiger partial charge in [0.05, 0.1) is 23.6 Å². The zero-order valence-corrected chi connectivity index (χ0v) is 49.1. The molecule has 4 bridgehead atoms. The number of aromatic hydroxyl groups is 2. The fourth-order valence-corrected chi connectivity index (χ4v) is 10.8. The lowest BCUT2D eigenvalue weighted by Gasteiger charge is -2.28. The average Bonchev–Trinajstić information content (AvgIpc) is 3.38. The molecule has 0 unspecified atom stereocenters. The lowest BCUT2D eigenvalue weighted by Crippen LogP contribution is -2.33. The summed E-state index contributed by atoms with van der Waals surface area (Å²) in [6, 6.07) is 1.38. The lowest BCUT2D eigenvalue weighted by atomic mass is 9.80. The third-order valence-electron chi connectivity index (χ3n) is 15.2. The molecular weight excluding hydrogens is 1020 g/mol. The molecule has 2 heterocycles. The van der Waals surface area contributed by atoms with Gasteiger partial charge in [-0.25, -0.2) is 9.59 Å². The molecule has 1 aromatic rings. The molecule has 0 saturated heterocycles. The third kappa shape index (κ3) is 19.6. The minimum Gasteiger partial charge on any atom is -0.508 e. The SMILES string of the molecule is C=CCCC1=C2C[C@@H](C)C[C@H](C)[C@H](O)[C@@H](C)/C=C(\C)[C@H](OC(N)=O)[C@@H](C)/C=C\C=C(/C)C(=O)NC(=CC1=O)C2=O.C=CCCc1c(O)cc2c(O)c1C[C@@H](C)C[C@H](C)[C@H](O)[C@@H](C)/C=C(\C)[C@H](OC(N)=O)[C@@H](C)/C=C\C=C(/C)C(=O)N2. The number of benzene rings is 1. The Morgan fingerprint density at radius 2 is 1.12 bits per heavy atom. The predicted molar refractivity (Wildman–Crippen MR) is 315 cm³/mol. The van der Waals surface area contributed by atoms with E-state index in [0.717, 1.165) is 11.1 Å². The highest BCUT2D eigenvalue weighted by Crippen LogP contribution is 2.40. The highest BCUT2D eigenvalue weighted by molar-refractivity contribution is 6.23. The van der Waals surface area contributed by atoms with Crippen LogP contribution in [0.2, 0.25) is 0 Å². The molecule has 3 aliphatic rings. The number of ketones is 2. The van der Waals surface area contributed by atoms with Crippen LogP contribution in [0.25, 0.3) is 0 Å². The second kappa shape index (κ2) is 31.7. The van der Waals surface area contributed by atoms with Crippen molar-refractivity contribution in [1.29, 1.82) is 0 Å². The van der Waals surface area contributed by atoms with Gasteiger partial charge in [-0.05, 0) is 114 Å². The number of rotatable bonds is 8. The Morgan fingerprint density at radius 1 is 0.675 bits per heavy atom. The van der Waals surface area contributed by atoms with E-state index in [9.17, 15) is 49.2 Å². The molecule has 1 aromatic carbocycles. The number of allylic oxidation sites excluding steroid dienone is 9. The highest BCUT2D eigenvalue weighted by Gasteiger charge is 2.33. The fraction of sp³-hybridized carbons (Fsp3) is 0.500. The van der Waals surface area contributed by atoms with Crippen LogP contribution >= 0.6 is 0 Å². The molecule has 4 rings (SSSR count). The summed E-state index contributed by atoms with van der Waals surface area (Å²) in [5.41, 5.74) is 15.0. The summed E-state index contributed by atoms with van der Waals surface area (Å²) >= 11 is 0. The summed E-state index contributed by atoms with van der Waals surface area (Å²) in [6.07, 6.45) is 18.2. The molecule has 438 valence electrons. The van der Waals surface area contributed by atoms with Gasteiger partial charge in [-0.3, -0.25) is 19.2 Å². The summed E-state index contributed by atoms with van der Waals surface area (Å²) in [7, 11) is 0. The van der Waals surface area contributed by atoms with E-state index in [0.29, 0.717) is 84.8 Å². The molecule has 16 heteroatoms. The second-order valence-electron chi connectivity index (χ2n) is 22.5. The van der Waals surface area contributed by atoms with Crippen molar-refractivity contribution in [3.63, 3.8) is 0 Å². The van der Waals surface area contributed by atoms with Gasteiger partial charge in [0.15, 0.2) is 5.78 Å². The molecule has 0 aromatic heterocycles. The maximum absolute atomic E-state index is 13.5. The van der Waals surface area contributed by atoms with Crippen molar-refractivity contribution in [3.8, 4) is 11.5 Å². The van der Waals surface area contributed by atoms with E-state index < -0.39 is 48.4 Å². The van der Waals surface area contributed by atoms with Crippen molar-refractivity contribution in [1.82, 2.24) is 5.32 Å². The number of hydrogen-bond acceptors (Lipinski definition) is 12. The summed E-state index contributed by atoms with van der Waals surface area (Å²) < 4.78 is 10.8. The zero-order chi connectivity index (χ0) is 60.3. The van der Waals surface area contributed by atoms with Crippen molar-refractivity contribution in [2.24, 2.45) is 58.8 Å². The maximum atomic E-state index is 13.5. The highest BCUT2D eigenvalue weighted by atomic mass is 16.6. The smallest absolute Gasteiger partial charge is 0.405 e. The van der Waals surface area contributed by atoms with Crippen LogP contribution in [0.5, 0.6) is 11.5 Å². The first-order valence-electron chi connectivity index (χ1n) is 27.8.